The number of ether oxygens (including phenoxy) is 3. The number of carbonyl (C=O) groups excluding carboxylic acids is 3. The fourth-order valence-corrected chi connectivity index (χ4v) is 4.87. The first kappa shape index (κ1) is 21.6. The number of benzene rings is 1. The summed E-state index contributed by atoms with van der Waals surface area (Å²) in [6.07, 6.45) is 4.09. The predicted octanol–water partition coefficient (Wildman–Crippen LogP) is 3.20. The summed E-state index contributed by atoms with van der Waals surface area (Å²) in [4.78, 5) is 40.3. The van der Waals surface area contributed by atoms with Gasteiger partial charge in [0.1, 0.15) is 6.10 Å². The number of Topliss-reactive ketones (excluding diaryl/α,β-unsaturated/α-hetero) is 1. The topological polar surface area (TPSA) is 82.1 Å². The minimum Gasteiger partial charge on any atom is -0.483 e. The standard InChI is InChI=1S/C24H29NO6/c1-3-30-14-6-13-25-20(15-9-11-16(12-10-15)24(28)29-2)19-21(26)17-7-4-5-8-18(17)31-22(19)23(25)27/h9-12,17-18,20H,3-8,13-14H2,1-2H3. The minimum atomic E-state index is -0.508. The van der Waals surface area contributed by atoms with Gasteiger partial charge in [-0.1, -0.05) is 18.6 Å². The first-order valence-corrected chi connectivity index (χ1v) is 11.1. The van der Waals surface area contributed by atoms with Gasteiger partial charge in [0.15, 0.2) is 11.5 Å². The summed E-state index contributed by atoms with van der Waals surface area (Å²) in [6, 6.07) is 6.40. The van der Waals surface area contributed by atoms with Gasteiger partial charge in [0.2, 0.25) is 0 Å². The van der Waals surface area contributed by atoms with Gasteiger partial charge in [-0.15, -0.1) is 0 Å². The molecule has 0 aromatic heterocycles. The number of ketones is 1. The number of amides is 1. The molecule has 4 rings (SSSR count). The zero-order valence-corrected chi connectivity index (χ0v) is 18.1. The lowest BCUT2D eigenvalue weighted by Crippen LogP contribution is -2.39. The van der Waals surface area contributed by atoms with Crippen LogP contribution < -0.4 is 0 Å². The SMILES string of the molecule is CCOCCCN1C(=O)C2=C(C(=O)C3CCCCC3O2)C1c1ccc(C(=O)OC)cc1. The Bertz CT molecular complexity index is 890. The zero-order chi connectivity index (χ0) is 22.0. The molecule has 1 aromatic carbocycles. The van der Waals surface area contributed by atoms with Crippen molar-refractivity contribution in [2.45, 2.75) is 51.2 Å². The summed E-state index contributed by atoms with van der Waals surface area (Å²) in [6.45, 7) is 3.55. The van der Waals surface area contributed by atoms with Crippen LogP contribution in [0.2, 0.25) is 0 Å². The van der Waals surface area contributed by atoms with E-state index in [1.807, 2.05) is 6.92 Å². The van der Waals surface area contributed by atoms with Gasteiger partial charge in [0.25, 0.3) is 5.91 Å². The molecule has 166 valence electrons. The third-order valence-electron chi connectivity index (χ3n) is 6.40. The number of nitrogens with zero attached hydrogens (tertiary/aromatic N) is 1. The molecule has 1 aliphatic carbocycles. The molecule has 31 heavy (non-hydrogen) atoms. The molecule has 7 nitrogen and oxygen atoms in total. The molecule has 0 bridgehead atoms. The van der Waals surface area contributed by atoms with Crippen LogP contribution in [0, 0.1) is 5.92 Å². The molecule has 2 aliphatic heterocycles. The number of carbonyl (C=O) groups is 3. The Morgan fingerprint density at radius 3 is 2.61 bits per heavy atom. The molecule has 2 heterocycles. The van der Waals surface area contributed by atoms with Crippen LogP contribution in [0.15, 0.2) is 35.6 Å². The minimum absolute atomic E-state index is 0.0358. The maximum absolute atomic E-state index is 13.5. The summed E-state index contributed by atoms with van der Waals surface area (Å²) in [5.41, 5.74) is 1.68. The second-order valence-corrected chi connectivity index (χ2v) is 8.22. The monoisotopic (exact) mass is 427 g/mol. The normalized spacial score (nSPS) is 25.2. The second kappa shape index (κ2) is 9.22. The van der Waals surface area contributed by atoms with E-state index >= 15 is 0 Å². The van der Waals surface area contributed by atoms with Gasteiger partial charge in [-0.05, 0) is 50.3 Å². The Labute approximate surface area is 182 Å². The third kappa shape index (κ3) is 3.99. The maximum Gasteiger partial charge on any atom is 0.337 e. The van der Waals surface area contributed by atoms with Crippen LogP contribution in [0.4, 0.5) is 0 Å². The molecule has 3 aliphatic rings. The fourth-order valence-electron chi connectivity index (χ4n) is 4.87. The van der Waals surface area contributed by atoms with Crippen LogP contribution in [0.5, 0.6) is 0 Å². The van der Waals surface area contributed by atoms with Crippen molar-refractivity contribution in [3.63, 3.8) is 0 Å². The Kier molecular flexibility index (Phi) is 6.41. The van der Waals surface area contributed by atoms with Gasteiger partial charge in [0.05, 0.1) is 30.2 Å². The number of methoxy groups -OCH3 is 1. The molecule has 3 atom stereocenters. The molecule has 1 fully saturated rings. The first-order chi connectivity index (χ1) is 15.1. The van der Waals surface area contributed by atoms with Gasteiger partial charge in [0, 0.05) is 19.8 Å². The average Bonchev–Trinajstić information content (AvgIpc) is 3.08. The van der Waals surface area contributed by atoms with E-state index in [0.717, 1.165) is 31.2 Å². The summed E-state index contributed by atoms with van der Waals surface area (Å²) < 4.78 is 16.4. The Hall–Kier alpha value is -2.67. The van der Waals surface area contributed by atoms with Crippen LogP contribution in [0.3, 0.4) is 0 Å². The lowest BCUT2D eigenvalue weighted by Gasteiger charge is -2.35. The second-order valence-electron chi connectivity index (χ2n) is 8.22. The summed E-state index contributed by atoms with van der Waals surface area (Å²) in [5, 5.41) is 0. The number of fused-ring (bicyclic) bond motifs is 1. The number of hydrogen-bond donors (Lipinski definition) is 0. The lowest BCUT2D eigenvalue weighted by molar-refractivity contribution is -0.135. The van der Waals surface area contributed by atoms with Crippen molar-refractivity contribution in [1.29, 1.82) is 0 Å². The molecule has 1 aromatic rings. The van der Waals surface area contributed by atoms with Crippen LogP contribution >= 0.6 is 0 Å². The lowest BCUT2D eigenvalue weighted by atomic mass is 9.77. The molecular weight excluding hydrogens is 398 g/mol. The molecule has 1 amide bonds. The van der Waals surface area contributed by atoms with Crippen LogP contribution in [0.1, 0.15) is 61.0 Å². The quantitative estimate of drug-likeness (QED) is 0.491. The molecule has 7 heteroatoms. The average molecular weight is 427 g/mol. The van der Waals surface area contributed by atoms with Crippen LogP contribution in [0.25, 0.3) is 0 Å². The van der Waals surface area contributed by atoms with E-state index in [4.69, 9.17) is 14.2 Å². The summed E-state index contributed by atoms with van der Waals surface area (Å²) in [5.74, 6) is -0.587. The molecule has 0 saturated heterocycles. The molecule has 0 N–H and O–H groups in total. The largest absolute Gasteiger partial charge is 0.483 e. The number of rotatable bonds is 7. The molecule has 0 radical (unpaired) electrons. The van der Waals surface area contributed by atoms with E-state index < -0.39 is 12.0 Å². The van der Waals surface area contributed by atoms with E-state index in [9.17, 15) is 14.4 Å². The van der Waals surface area contributed by atoms with Crippen molar-refractivity contribution >= 4 is 17.7 Å². The van der Waals surface area contributed by atoms with Gasteiger partial charge >= 0.3 is 5.97 Å². The highest BCUT2D eigenvalue weighted by Gasteiger charge is 2.51. The maximum atomic E-state index is 13.5. The van der Waals surface area contributed by atoms with Crippen molar-refractivity contribution in [2.75, 3.05) is 26.9 Å². The predicted molar refractivity (Wildman–Crippen MR) is 112 cm³/mol. The van der Waals surface area contributed by atoms with Gasteiger partial charge in [-0.25, -0.2) is 4.79 Å². The van der Waals surface area contributed by atoms with Crippen molar-refractivity contribution in [1.82, 2.24) is 4.90 Å². The van der Waals surface area contributed by atoms with E-state index in [1.165, 1.54) is 7.11 Å². The highest BCUT2D eigenvalue weighted by molar-refractivity contribution is 6.11. The number of hydrogen-bond acceptors (Lipinski definition) is 6. The van der Waals surface area contributed by atoms with E-state index in [-0.39, 0.29) is 29.5 Å². The van der Waals surface area contributed by atoms with Gasteiger partial charge in [-0.3, -0.25) is 9.59 Å². The highest BCUT2D eigenvalue weighted by atomic mass is 16.5. The molecular formula is C24H29NO6. The first-order valence-electron chi connectivity index (χ1n) is 11.1. The van der Waals surface area contributed by atoms with E-state index in [2.05, 4.69) is 0 Å². The summed E-state index contributed by atoms with van der Waals surface area (Å²) >= 11 is 0. The fraction of sp³-hybridized carbons (Fsp3) is 0.542. The van der Waals surface area contributed by atoms with Crippen molar-refractivity contribution < 1.29 is 28.6 Å². The highest BCUT2D eigenvalue weighted by Crippen LogP contribution is 2.46. The van der Waals surface area contributed by atoms with E-state index in [0.29, 0.717) is 37.3 Å². The van der Waals surface area contributed by atoms with Crippen LogP contribution in [-0.4, -0.2) is 55.5 Å². The van der Waals surface area contributed by atoms with Gasteiger partial charge in [-0.2, -0.15) is 0 Å². The molecule has 0 spiro atoms. The number of esters is 1. The smallest absolute Gasteiger partial charge is 0.337 e. The Morgan fingerprint density at radius 1 is 1.16 bits per heavy atom. The summed E-state index contributed by atoms with van der Waals surface area (Å²) in [7, 11) is 1.34. The Balaban J connectivity index is 1.68. The zero-order valence-electron chi connectivity index (χ0n) is 18.1. The van der Waals surface area contributed by atoms with E-state index in [1.54, 1.807) is 29.2 Å². The Morgan fingerprint density at radius 2 is 1.90 bits per heavy atom. The van der Waals surface area contributed by atoms with Gasteiger partial charge < -0.3 is 19.1 Å². The van der Waals surface area contributed by atoms with Crippen molar-refractivity contribution in [2.24, 2.45) is 5.92 Å². The van der Waals surface area contributed by atoms with Crippen molar-refractivity contribution in [3.05, 3.63) is 46.7 Å². The van der Waals surface area contributed by atoms with Crippen LogP contribution in [-0.2, 0) is 23.8 Å². The van der Waals surface area contributed by atoms with Crippen molar-refractivity contribution in [3.8, 4) is 0 Å². The molecule has 3 unspecified atom stereocenters. The third-order valence-corrected chi connectivity index (χ3v) is 6.40. The molecule has 1 saturated carbocycles.